The van der Waals surface area contributed by atoms with Gasteiger partial charge in [-0.25, -0.2) is 4.79 Å². The molecule has 6 nitrogen and oxygen atoms in total. The maximum Gasteiger partial charge on any atom is 0.336 e. The lowest BCUT2D eigenvalue weighted by atomic mass is 10.0. The van der Waals surface area contributed by atoms with Crippen LogP contribution in [0, 0.1) is 6.92 Å². The van der Waals surface area contributed by atoms with Crippen molar-refractivity contribution in [3.05, 3.63) is 69.8 Å². The van der Waals surface area contributed by atoms with E-state index < -0.39 is 0 Å². The first-order valence-electron chi connectivity index (χ1n) is 9.43. The van der Waals surface area contributed by atoms with Gasteiger partial charge in [0.05, 0.1) is 5.39 Å². The fourth-order valence-corrected chi connectivity index (χ4v) is 3.12. The van der Waals surface area contributed by atoms with Crippen LogP contribution >= 0.6 is 0 Å². The van der Waals surface area contributed by atoms with E-state index in [0.717, 1.165) is 35.0 Å². The van der Waals surface area contributed by atoms with Crippen molar-refractivity contribution < 1.29 is 13.9 Å². The number of amides is 1. The third-order valence-corrected chi connectivity index (χ3v) is 4.34. The molecule has 0 radical (unpaired) electrons. The molecule has 0 aliphatic rings. The van der Waals surface area contributed by atoms with E-state index in [1.54, 1.807) is 6.20 Å². The highest BCUT2D eigenvalue weighted by Gasteiger charge is 2.13. The zero-order valence-corrected chi connectivity index (χ0v) is 16.2. The van der Waals surface area contributed by atoms with Gasteiger partial charge in [-0.3, -0.25) is 9.78 Å². The molecule has 0 aliphatic carbocycles. The molecule has 0 atom stereocenters. The van der Waals surface area contributed by atoms with Crippen LogP contribution in [0.4, 0.5) is 0 Å². The van der Waals surface area contributed by atoms with Crippen LogP contribution in [-0.2, 0) is 17.6 Å². The molecule has 0 aliphatic heterocycles. The number of benzene rings is 1. The van der Waals surface area contributed by atoms with Crippen LogP contribution in [0.1, 0.15) is 30.2 Å². The second-order valence-electron chi connectivity index (χ2n) is 6.69. The average Bonchev–Trinajstić information content (AvgIpc) is 2.66. The quantitative estimate of drug-likeness (QED) is 0.607. The lowest BCUT2D eigenvalue weighted by Gasteiger charge is -2.13. The van der Waals surface area contributed by atoms with Gasteiger partial charge in [-0.2, -0.15) is 0 Å². The first kappa shape index (κ1) is 19.6. The maximum absolute atomic E-state index is 12.2. The van der Waals surface area contributed by atoms with Crippen LogP contribution in [0.15, 0.2) is 51.8 Å². The van der Waals surface area contributed by atoms with Crippen molar-refractivity contribution in [2.45, 2.75) is 33.1 Å². The van der Waals surface area contributed by atoms with Gasteiger partial charge in [-0.05, 0) is 48.7 Å². The zero-order valence-electron chi connectivity index (χ0n) is 16.2. The van der Waals surface area contributed by atoms with Gasteiger partial charge in [0.2, 0.25) is 0 Å². The van der Waals surface area contributed by atoms with Crippen molar-refractivity contribution in [1.82, 2.24) is 10.3 Å². The number of carbonyl (C=O) groups excluding carboxylic acids is 1. The summed E-state index contributed by atoms with van der Waals surface area (Å²) in [4.78, 5) is 28.2. The van der Waals surface area contributed by atoms with Crippen molar-refractivity contribution in [2.24, 2.45) is 0 Å². The summed E-state index contributed by atoms with van der Waals surface area (Å²) in [7, 11) is 0. The number of ether oxygens (including phenoxy) is 1. The summed E-state index contributed by atoms with van der Waals surface area (Å²) in [5, 5.41) is 3.59. The van der Waals surface area contributed by atoms with Crippen molar-refractivity contribution >= 4 is 16.9 Å². The first-order valence-corrected chi connectivity index (χ1v) is 9.43. The molecule has 0 fully saturated rings. The number of nitrogens with one attached hydrogen (secondary N) is 1. The predicted octanol–water partition coefficient (Wildman–Crippen LogP) is 3.19. The molecule has 146 valence electrons. The highest BCUT2D eigenvalue weighted by molar-refractivity contribution is 5.88. The number of fused-ring (bicyclic) bond motifs is 1. The lowest BCUT2D eigenvalue weighted by Crippen LogP contribution is -2.30. The second kappa shape index (κ2) is 9.17. The van der Waals surface area contributed by atoms with Crippen LogP contribution in [0.25, 0.3) is 11.0 Å². The minimum absolute atomic E-state index is 0.106. The number of hydrogen-bond acceptors (Lipinski definition) is 5. The topological polar surface area (TPSA) is 81.4 Å². The molecule has 1 amide bonds. The van der Waals surface area contributed by atoms with Crippen LogP contribution < -0.4 is 15.7 Å². The summed E-state index contributed by atoms with van der Waals surface area (Å²) < 4.78 is 11.1. The highest BCUT2D eigenvalue weighted by atomic mass is 16.5. The van der Waals surface area contributed by atoms with Gasteiger partial charge >= 0.3 is 5.63 Å². The van der Waals surface area contributed by atoms with Gasteiger partial charge in [-0.1, -0.05) is 19.4 Å². The summed E-state index contributed by atoms with van der Waals surface area (Å²) in [5.74, 6) is 0.349. The van der Waals surface area contributed by atoms with E-state index in [1.165, 1.54) is 6.07 Å². The van der Waals surface area contributed by atoms with E-state index in [4.69, 9.17) is 9.15 Å². The Morgan fingerprint density at radius 3 is 2.82 bits per heavy atom. The maximum atomic E-state index is 12.2. The molecule has 2 heterocycles. The molecule has 0 unspecified atom stereocenters. The van der Waals surface area contributed by atoms with Crippen molar-refractivity contribution in [2.75, 3.05) is 13.2 Å². The summed E-state index contributed by atoms with van der Waals surface area (Å²) in [6.45, 7) is 4.32. The predicted molar refractivity (Wildman–Crippen MR) is 108 cm³/mol. The molecule has 0 saturated carbocycles. The fraction of sp³-hybridized carbons (Fsp3) is 0.318. The van der Waals surface area contributed by atoms with Crippen LogP contribution in [0.2, 0.25) is 0 Å². The normalized spacial score (nSPS) is 10.8. The van der Waals surface area contributed by atoms with Gasteiger partial charge in [-0.15, -0.1) is 0 Å². The van der Waals surface area contributed by atoms with Gasteiger partial charge in [0.25, 0.3) is 5.91 Å². The van der Waals surface area contributed by atoms with Crippen molar-refractivity contribution in [3.63, 3.8) is 0 Å². The molecule has 2 aromatic heterocycles. The number of nitrogens with zero attached hydrogens (tertiary/aromatic N) is 1. The number of pyridine rings is 1. The van der Waals surface area contributed by atoms with E-state index in [9.17, 15) is 9.59 Å². The average molecular weight is 380 g/mol. The van der Waals surface area contributed by atoms with Gasteiger partial charge in [0.15, 0.2) is 6.61 Å². The number of rotatable bonds is 8. The third-order valence-electron chi connectivity index (χ3n) is 4.34. The van der Waals surface area contributed by atoms with Crippen LogP contribution in [0.3, 0.4) is 0 Å². The molecule has 3 aromatic rings. The Kier molecular flexibility index (Phi) is 6.42. The number of aromatic nitrogens is 1. The van der Waals surface area contributed by atoms with E-state index in [0.29, 0.717) is 24.3 Å². The van der Waals surface area contributed by atoms with Gasteiger partial charge in [0, 0.05) is 30.9 Å². The molecule has 6 heteroatoms. The molecule has 28 heavy (non-hydrogen) atoms. The van der Waals surface area contributed by atoms with Crippen LogP contribution in [0.5, 0.6) is 5.75 Å². The monoisotopic (exact) mass is 380 g/mol. The SMILES string of the molecule is CCCc1cc(=O)oc2cc(C)cc(OCC(=O)NCCc3ccccn3)c12. The Hall–Kier alpha value is -3.15. The molecular formula is C22H24N2O4. The summed E-state index contributed by atoms with van der Waals surface area (Å²) in [6, 6.07) is 10.9. The molecule has 1 N–H and O–H groups in total. The molecule has 0 saturated heterocycles. The second-order valence-corrected chi connectivity index (χ2v) is 6.69. The minimum atomic E-state index is -0.375. The summed E-state index contributed by atoms with van der Waals surface area (Å²) in [5.41, 5.74) is 2.81. The van der Waals surface area contributed by atoms with E-state index >= 15 is 0 Å². The Bertz CT molecular complexity index is 1010. The smallest absolute Gasteiger partial charge is 0.336 e. The van der Waals surface area contributed by atoms with Gasteiger partial charge < -0.3 is 14.5 Å². The molecule has 1 aromatic carbocycles. The molecule has 0 spiro atoms. The minimum Gasteiger partial charge on any atom is -0.483 e. The Morgan fingerprint density at radius 1 is 1.21 bits per heavy atom. The molecule has 0 bridgehead atoms. The Morgan fingerprint density at radius 2 is 2.07 bits per heavy atom. The van der Waals surface area contributed by atoms with E-state index in [-0.39, 0.29) is 18.1 Å². The third kappa shape index (κ3) is 4.97. The van der Waals surface area contributed by atoms with E-state index in [1.807, 2.05) is 44.2 Å². The van der Waals surface area contributed by atoms with Crippen LogP contribution in [-0.4, -0.2) is 24.0 Å². The summed E-state index contributed by atoms with van der Waals surface area (Å²) in [6.07, 6.45) is 4.01. The Labute approximate surface area is 163 Å². The number of aryl methyl sites for hydroxylation is 2. The number of hydrogen-bond donors (Lipinski definition) is 1. The lowest BCUT2D eigenvalue weighted by molar-refractivity contribution is -0.123. The first-order chi connectivity index (χ1) is 13.6. The summed E-state index contributed by atoms with van der Waals surface area (Å²) >= 11 is 0. The number of carbonyl (C=O) groups is 1. The standard InChI is InChI=1S/C22H24N2O4/c1-3-6-16-13-21(26)28-19-12-15(2)11-18(22(16)19)27-14-20(25)24-10-8-17-7-4-5-9-23-17/h4-5,7,9,11-13H,3,6,8,10,14H2,1-2H3,(H,24,25). The molecule has 3 rings (SSSR count). The highest BCUT2D eigenvalue weighted by Crippen LogP contribution is 2.30. The Balaban J connectivity index is 1.69. The molecular weight excluding hydrogens is 356 g/mol. The zero-order chi connectivity index (χ0) is 19.9. The van der Waals surface area contributed by atoms with Crippen molar-refractivity contribution in [3.8, 4) is 5.75 Å². The van der Waals surface area contributed by atoms with E-state index in [2.05, 4.69) is 10.3 Å². The van der Waals surface area contributed by atoms with Gasteiger partial charge in [0.1, 0.15) is 11.3 Å². The largest absolute Gasteiger partial charge is 0.483 e. The van der Waals surface area contributed by atoms with Crippen molar-refractivity contribution in [1.29, 1.82) is 0 Å². The fourth-order valence-electron chi connectivity index (χ4n) is 3.12.